The highest BCUT2D eigenvalue weighted by Crippen LogP contribution is 2.22. The zero-order chi connectivity index (χ0) is 13.9. The molecule has 0 unspecified atom stereocenters. The van der Waals surface area contributed by atoms with Gasteiger partial charge in [-0.15, -0.1) is 0 Å². The lowest BCUT2D eigenvalue weighted by molar-refractivity contribution is 0.602. The Balaban J connectivity index is 1.86. The molecule has 0 aliphatic carbocycles. The summed E-state index contributed by atoms with van der Waals surface area (Å²) in [6, 6.07) is 8.40. The molecule has 3 rings (SSSR count). The predicted octanol–water partition coefficient (Wildman–Crippen LogP) is 2.26. The second-order valence-electron chi connectivity index (χ2n) is 4.87. The maximum atomic E-state index is 14.0. The van der Waals surface area contributed by atoms with E-state index in [9.17, 15) is 4.39 Å². The van der Waals surface area contributed by atoms with Crippen LogP contribution < -0.4 is 10.2 Å². The van der Waals surface area contributed by atoms with Crippen molar-refractivity contribution in [3.05, 3.63) is 47.4 Å². The van der Waals surface area contributed by atoms with E-state index in [1.165, 1.54) is 17.3 Å². The highest BCUT2D eigenvalue weighted by atomic mass is 19.1. The second-order valence-corrected chi connectivity index (χ2v) is 4.87. The van der Waals surface area contributed by atoms with Crippen LogP contribution in [0.1, 0.15) is 11.1 Å². The highest BCUT2D eigenvalue weighted by Gasteiger charge is 2.18. The molecule has 0 fully saturated rings. The number of nitrogens with one attached hydrogen (secondary N) is 1. The van der Waals surface area contributed by atoms with Crippen molar-refractivity contribution in [1.29, 1.82) is 0 Å². The number of fused-ring (bicyclic) bond motifs is 1. The fourth-order valence-electron chi connectivity index (χ4n) is 2.58. The molecule has 2 aromatic rings. The first-order valence-electron chi connectivity index (χ1n) is 6.80. The third kappa shape index (κ3) is 2.43. The second kappa shape index (κ2) is 5.45. The van der Waals surface area contributed by atoms with Crippen LogP contribution >= 0.6 is 0 Å². The minimum atomic E-state index is -0.366. The molecule has 0 bridgehead atoms. The van der Waals surface area contributed by atoms with Gasteiger partial charge in [-0.05, 0) is 24.0 Å². The first-order chi connectivity index (χ1) is 9.78. The molecule has 0 saturated carbocycles. The van der Waals surface area contributed by atoms with Crippen LogP contribution in [0.3, 0.4) is 0 Å². The Kier molecular flexibility index (Phi) is 3.50. The predicted molar refractivity (Wildman–Crippen MR) is 77.6 cm³/mol. The van der Waals surface area contributed by atoms with Crippen LogP contribution in [0.15, 0.2) is 30.5 Å². The monoisotopic (exact) mass is 272 g/mol. The number of aromatic nitrogens is 2. The largest absolute Gasteiger partial charge is 0.357 e. The van der Waals surface area contributed by atoms with E-state index in [0.29, 0.717) is 11.8 Å². The normalized spacial score (nSPS) is 14.6. The Morgan fingerprint density at radius 1 is 1.15 bits per heavy atom. The maximum absolute atomic E-state index is 14.0. The van der Waals surface area contributed by atoms with Crippen LogP contribution in [-0.2, 0) is 12.8 Å². The molecule has 1 aliphatic heterocycles. The van der Waals surface area contributed by atoms with Crippen molar-refractivity contribution in [2.75, 3.05) is 30.4 Å². The lowest BCUT2D eigenvalue weighted by Gasteiger charge is -2.22. The molecular formula is C15H17FN4. The molecule has 4 nitrogen and oxygen atoms in total. The van der Waals surface area contributed by atoms with Gasteiger partial charge in [0.1, 0.15) is 0 Å². The zero-order valence-corrected chi connectivity index (χ0v) is 11.4. The van der Waals surface area contributed by atoms with Crippen molar-refractivity contribution in [2.24, 2.45) is 0 Å². The van der Waals surface area contributed by atoms with Gasteiger partial charge < -0.3 is 10.2 Å². The van der Waals surface area contributed by atoms with Gasteiger partial charge in [-0.1, -0.05) is 24.3 Å². The summed E-state index contributed by atoms with van der Waals surface area (Å²) < 4.78 is 14.0. The van der Waals surface area contributed by atoms with Gasteiger partial charge in [0.15, 0.2) is 11.6 Å². The van der Waals surface area contributed by atoms with Gasteiger partial charge in [0.25, 0.3) is 0 Å². The molecule has 0 radical (unpaired) electrons. The summed E-state index contributed by atoms with van der Waals surface area (Å²) >= 11 is 0. The average Bonchev–Trinajstić information content (AvgIpc) is 2.70. The highest BCUT2D eigenvalue weighted by molar-refractivity contribution is 5.45. The topological polar surface area (TPSA) is 41.1 Å². The maximum Gasteiger partial charge on any atom is 0.224 e. The smallest absolute Gasteiger partial charge is 0.224 e. The lowest BCUT2D eigenvalue weighted by atomic mass is 10.0. The molecule has 0 saturated heterocycles. The molecule has 1 aromatic carbocycles. The van der Waals surface area contributed by atoms with Crippen molar-refractivity contribution in [2.45, 2.75) is 12.8 Å². The van der Waals surface area contributed by atoms with Crippen molar-refractivity contribution in [1.82, 2.24) is 9.97 Å². The van der Waals surface area contributed by atoms with Gasteiger partial charge in [0.05, 0.1) is 6.20 Å². The first kappa shape index (κ1) is 12.8. The fraction of sp³-hybridized carbons (Fsp3) is 0.333. The van der Waals surface area contributed by atoms with Gasteiger partial charge in [0.2, 0.25) is 5.95 Å². The van der Waals surface area contributed by atoms with Gasteiger partial charge in [-0.2, -0.15) is 4.98 Å². The minimum Gasteiger partial charge on any atom is -0.357 e. The standard InChI is InChI=1S/C15H17FN4/c1-17-15-18-10-13(16)14(19-15)20-8-6-11-4-2-3-5-12(11)7-9-20/h2-5,10H,6-9H2,1H3,(H,17,18,19). The van der Waals surface area contributed by atoms with Crippen LogP contribution in [0.25, 0.3) is 0 Å². The van der Waals surface area contributed by atoms with Crippen LogP contribution in [0.2, 0.25) is 0 Å². The van der Waals surface area contributed by atoms with Gasteiger partial charge in [-0.25, -0.2) is 9.37 Å². The van der Waals surface area contributed by atoms with E-state index < -0.39 is 0 Å². The SMILES string of the molecule is CNc1ncc(F)c(N2CCc3ccccc3CC2)n1. The molecule has 1 aliphatic rings. The van der Waals surface area contributed by atoms with Crippen LogP contribution in [0.5, 0.6) is 0 Å². The van der Waals surface area contributed by atoms with Crippen LogP contribution in [0.4, 0.5) is 16.2 Å². The van der Waals surface area contributed by atoms with Crippen molar-refractivity contribution in [3.63, 3.8) is 0 Å². The van der Waals surface area contributed by atoms with E-state index in [-0.39, 0.29) is 5.82 Å². The lowest BCUT2D eigenvalue weighted by Crippen LogP contribution is -2.28. The Morgan fingerprint density at radius 3 is 2.40 bits per heavy atom. The zero-order valence-electron chi connectivity index (χ0n) is 11.4. The fourth-order valence-corrected chi connectivity index (χ4v) is 2.58. The molecular weight excluding hydrogens is 255 g/mol. The summed E-state index contributed by atoms with van der Waals surface area (Å²) in [6.45, 7) is 1.54. The van der Waals surface area contributed by atoms with E-state index in [1.807, 2.05) is 4.90 Å². The number of hydrogen-bond donors (Lipinski definition) is 1. The molecule has 0 atom stereocenters. The van der Waals surface area contributed by atoms with Gasteiger partial charge in [-0.3, -0.25) is 0 Å². The quantitative estimate of drug-likeness (QED) is 0.910. The molecule has 2 heterocycles. The minimum absolute atomic E-state index is 0.366. The summed E-state index contributed by atoms with van der Waals surface area (Å²) in [4.78, 5) is 10.1. The van der Waals surface area contributed by atoms with Crippen LogP contribution in [0, 0.1) is 5.82 Å². The Labute approximate surface area is 117 Å². The summed E-state index contributed by atoms with van der Waals surface area (Å²) in [5, 5.41) is 2.85. The van der Waals surface area contributed by atoms with E-state index in [0.717, 1.165) is 25.9 Å². The summed E-state index contributed by atoms with van der Waals surface area (Å²) in [7, 11) is 1.73. The number of hydrogen-bond acceptors (Lipinski definition) is 4. The van der Waals surface area contributed by atoms with E-state index in [4.69, 9.17) is 0 Å². The van der Waals surface area contributed by atoms with Crippen molar-refractivity contribution < 1.29 is 4.39 Å². The molecule has 104 valence electrons. The molecule has 20 heavy (non-hydrogen) atoms. The van der Waals surface area contributed by atoms with Gasteiger partial charge in [0, 0.05) is 20.1 Å². The number of rotatable bonds is 2. The van der Waals surface area contributed by atoms with E-state index in [1.54, 1.807) is 7.05 Å². The molecule has 1 aromatic heterocycles. The third-order valence-corrected chi connectivity index (χ3v) is 3.67. The van der Waals surface area contributed by atoms with E-state index in [2.05, 4.69) is 39.6 Å². The van der Waals surface area contributed by atoms with Gasteiger partial charge >= 0.3 is 0 Å². The third-order valence-electron chi connectivity index (χ3n) is 3.67. The molecule has 1 N–H and O–H groups in total. The summed E-state index contributed by atoms with van der Waals surface area (Å²) in [5.41, 5.74) is 2.69. The Morgan fingerprint density at radius 2 is 1.80 bits per heavy atom. The number of anilines is 2. The van der Waals surface area contributed by atoms with Crippen molar-refractivity contribution in [3.8, 4) is 0 Å². The summed E-state index contributed by atoms with van der Waals surface area (Å²) in [6.07, 6.45) is 3.05. The average molecular weight is 272 g/mol. The Bertz CT molecular complexity index is 588. The summed E-state index contributed by atoms with van der Waals surface area (Å²) in [5.74, 6) is 0.468. The van der Waals surface area contributed by atoms with E-state index >= 15 is 0 Å². The number of benzene rings is 1. The number of halogens is 1. The van der Waals surface area contributed by atoms with Crippen molar-refractivity contribution >= 4 is 11.8 Å². The molecule has 0 amide bonds. The number of nitrogens with zero attached hydrogens (tertiary/aromatic N) is 3. The Hall–Kier alpha value is -2.17. The van der Waals surface area contributed by atoms with Crippen LogP contribution in [-0.4, -0.2) is 30.1 Å². The molecule has 5 heteroatoms. The first-order valence-corrected chi connectivity index (χ1v) is 6.80. The molecule has 0 spiro atoms.